The van der Waals surface area contributed by atoms with Crippen LogP contribution < -0.4 is 9.64 Å². The van der Waals surface area contributed by atoms with E-state index in [-0.39, 0.29) is 5.91 Å². The summed E-state index contributed by atoms with van der Waals surface area (Å²) in [7, 11) is 1.65. The SMILES string of the molecule is COc1ccc(SCCC(=O)N(Cc2ccccn2)c2nc3c(C)cc(C)cc3s2)cc1. The molecule has 7 heteroatoms. The number of methoxy groups -OCH3 is 1. The first kappa shape index (κ1) is 22.3. The smallest absolute Gasteiger partial charge is 0.229 e. The maximum absolute atomic E-state index is 13.3. The summed E-state index contributed by atoms with van der Waals surface area (Å²) in [5.41, 5.74) is 4.13. The molecule has 0 atom stereocenters. The van der Waals surface area contributed by atoms with Crippen molar-refractivity contribution in [3.05, 3.63) is 77.6 Å². The van der Waals surface area contributed by atoms with Crippen molar-refractivity contribution in [3.63, 3.8) is 0 Å². The van der Waals surface area contributed by atoms with Gasteiger partial charge in [-0.3, -0.25) is 14.7 Å². The maximum Gasteiger partial charge on any atom is 0.229 e. The van der Waals surface area contributed by atoms with Crippen molar-refractivity contribution in [3.8, 4) is 5.75 Å². The number of thioether (sulfide) groups is 1. The minimum absolute atomic E-state index is 0.0464. The van der Waals surface area contributed by atoms with Crippen LogP contribution in [0.3, 0.4) is 0 Å². The van der Waals surface area contributed by atoms with Crippen molar-refractivity contribution in [1.29, 1.82) is 0 Å². The minimum atomic E-state index is 0.0464. The molecule has 32 heavy (non-hydrogen) atoms. The Hall–Kier alpha value is -2.90. The summed E-state index contributed by atoms with van der Waals surface area (Å²) < 4.78 is 6.31. The zero-order valence-electron chi connectivity index (χ0n) is 18.4. The van der Waals surface area contributed by atoms with E-state index in [1.54, 1.807) is 41.3 Å². The number of thiazole rings is 1. The number of rotatable bonds is 8. The molecule has 1 amide bonds. The zero-order chi connectivity index (χ0) is 22.5. The Labute approximate surface area is 196 Å². The van der Waals surface area contributed by atoms with Crippen LogP contribution in [0.15, 0.2) is 65.7 Å². The molecule has 0 bridgehead atoms. The van der Waals surface area contributed by atoms with Crippen LogP contribution in [0.25, 0.3) is 10.2 Å². The van der Waals surface area contributed by atoms with Gasteiger partial charge in [-0.2, -0.15) is 0 Å². The van der Waals surface area contributed by atoms with E-state index in [2.05, 4.69) is 31.0 Å². The molecule has 0 N–H and O–H groups in total. The standard InChI is InChI=1S/C25H25N3O2S2/c1-17-14-18(2)24-22(15-17)32-25(27-24)28(16-19-6-4-5-12-26-19)23(29)11-13-31-21-9-7-20(30-3)8-10-21/h4-10,12,14-15H,11,13,16H2,1-3H3. The topological polar surface area (TPSA) is 55.3 Å². The number of aromatic nitrogens is 2. The lowest BCUT2D eigenvalue weighted by Crippen LogP contribution is -2.30. The van der Waals surface area contributed by atoms with Crippen LogP contribution in [0.5, 0.6) is 5.75 Å². The molecule has 0 aliphatic rings. The van der Waals surface area contributed by atoms with E-state index in [1.807, 2.05) is 42.5 Å². The molecule has 2 aromatic carbocycles. The highest BCUT2D eigenvalue weighted by Crippen LogP contribution is 2.33. The zero-order valence-corrected chi connectivity index (χ0v) is 20.0. The van der Waals surface area contributed by atoms with Crippen molar-refractivity contribution in [1.82, 2.24) is 9.97 Å². The number of hydrogen-bond donors (Lipinski definition) is 0. The summed E-state index contributed by atoms with van der Waals surface area (Å²) >= 11 is 3.22. The van der Waals surface area contributed by atoms with Gasteiger partial charge in [-0.1, -0.05) is 23.5 Å². The van der Waals surface area contributed by atoms with Gasteiger partial charge < -0.3 is 4.74 Å². The van der Waals surface area contributed by atoms with Crippen LogP contribution in [0.4, 0.5) is 5.13 Å². The van der Waals surface area contributed by atoms with Gasteiger partial charge >= 0.3 is 0 Å². The van der Waals surface area contributed by atoms with E-state index in [4.69, 9.17) is 9.72 Å². The highest BCUT2D eigenvalue weighted by Gasteiger charge is 2.21. The van der Waals surface area contributed by atoms with E-state index >= 15 is 0 Å². The fourth-order valence-electron chi connectivity index (χ4n) is 3.45. The largest absolute Gasteiger partial charge is 0.497 e. The van der Waals surface area contributed by atoms with Gasteiger partial charge in [-0.15, -0.1) is 11.8 Å². The average Bonchev–Trinajstić information content (AvgIpc) is 3.22. The molecular weight excluding hydrogens is 438 g/mol. The third-order valence-electron chi connectivity index (χ3n) is 5.04. The number of ether oxygens (including phenoxy) is 1. The fraction of sp³-hybridized carbons (Fsp3) is 0.240. The number of carbonyl (C=O) groups is 1. The molecule has 0 radical (unpaired) electrons. The molecule has 0 aliphatic heterocycles. The van der Waals surface area contributed by atoms with Gasteiger partial charge in [-0.05, 0) is 67.4 Å². The molecule has 0 aliphatic carbocycles. The second kappa shape index (κ2) is 10.1. The molecule has 0 spiro atoms. The average molecular weight is 464 g/mol. The highest BCUT2D eigenvalue weighted by atomic mass is 32.2. The van der Waals surface area contributed by atoms with Gasteiger partial charge in [0, 0.05) is 23.3 Å². The van der Waals surface area contributed by atoms with Gasteiger partial charge in [0.1, 0.15) is 5.75 Å². The van der Waals surface area contributed by atoms with Crippen LogP contribution >= 0.6 is 23.1 Å². The quantitative estimate of drug-likeness (QED) is 0.299. The van der Waals surface area contributed by atoms with Crippen molar-refractivity contribution < 1.29 is 9.53 Å². The Kier molecular flexibility index (Phi) is 7.07. The second-order valence-corrected chi connectivity index (χ2v) is 9.68. The number of fused-ring (bicyclic) bond motifs is 1. The predicted molar refractivity (Wildman–Crippen MR) is 133 cm³/mol. The van der Waals surface area contributed by atoms with Crippen LogP contribution in [0.1, 0.15) is 23.2 Å². The first-order valence-corrected chi connectivity index (χ1v) is 12.2. The number of amides is 1. The number of aryl methyl sites for hydroxylation is 2. The first-order chi connectivity index (χ1) is 15.5. The lowest BCUT2D eigenvalue weighted by atomic mass is 10.1. The molecular formula is C25H25N3O2S2. The number of hydrogen-bond acceptors (Lipinski definition) is 6. The molecule has 0 saturated heterocycles. The summed E-state index contributed by atoms with van der Waals surface area (Å²) in [6.07, 6.45) is 2.17. The van der Waals surface area contributed by atoms with Crippen molar-refractivity contribution in [2.45, 2.75) is 31.7 Å². The molecule has 2 heterocycles. The number of anilines is 1. The first-order valence-electron chi connectivity index (χ1n) is 10.4. The summed E-state index contributed by atoms with van der Waals surface area (Å²) in [5.74, 6) is 1.56. The minimum Gasteiger partial charge on any atom is -0.497 e. The van der Waals surface area contributed by atoms with E-state index in [9.17, 15) is 4.79 Å². The van der Waals surface area contributed by atoms with Crippen molar-refractivity contribution in [2.75, 3.05) is 17.8 Å². The summed E-state index contributed by atoms with van der Waals surface area (Å²) in [6.45, 7) is 4.55. The van der Waals surface area contributed by atoms with Crippen LogP contribution in [0, 0.1) is 13.8 Å². The van der Waals surface area contributed by atoms with Crippen LogP contribution in [-0.2, 0) is 11.3 Å². The molecule has 0 fully saturated rings. The monoisotopic (exact) mass is 463 g/mol. The van der Waals surface area contributed by atoms with Crippen molar-refractivity contribution >= 4 is 44.4 Å². The molecule has 4 aromatic rings. The maximum atomic E-state index is 13.3. The normalized spacial score (nSPS) is 11.0. The fourth-order valence-corrected chi connectivity index (χ4v) is 5.45. The number of carbonyl (C=O) groups excluding carboxylic acids is 1. The van der Waals surface area contributed by atoms with Gasteiger partial charge in [0.05, 0.1) is 29.6 Å². The predicted octanol–water partition coefficient (Wildman–Crippen LogP) is 6.03. The Morgan fingerprint density at radius 1 is 1.12 bits per heavy atom. The van der Waals surface area contributed by atoms with E-state index < -0.39 is 0 Å². The highest BCUT2D eigenvalue weighted by molar-refractivity contribution is 7.99. The lowest BCUT2D eigenvalue weighted by molar-refractivity contribution is -0.118. The Balaban J connectivity index is 1.53. The number of nitrogens with zero attached hydrogens (tertiary/aromatic N) is 3. The Bertz CT molecular complexity index is 1210. The van der Waals surface area contributed by atoms with Gasteiger partial charge in [0.25, 0.3) is 0 Å². The lowest BCUT2D eigenvalue weighted by Gasteiger charge is -2.19. The summed E-state index contributed by atoms with van der Waals surface area (Å²) in [4.78, 5) is 25.4. The molecule has 164 valence electrons. The molecule has 0 saturated carbocycles. The number of pyridine rings is 1. The van der Waals surface area contributed by atoms with E-state index in [0.717, 1.165) is 37.3 Å². The summed E-state index contributed by atoms with van der Waals surface area (Å²) in [5, 5.41) is 0.721. The van der Waals surface area contributed by atoms with E-state index in [1.165, 1.54) is 5.56 Å². The molecule has 0 unspecified atom stereocenters. The number of benzene rings is 2. The third kappa shape index (κ3) is 5.29. The Morgan fingerprint density at radius 2 is 1.94 bits per heavy atom. The Morgan fingerprint density at radius 3 is 2.66 bits per heavy atom. The van der Waals surface area contributed by atoms with Gasteiger partial charge in [-0.25, -0.2) is 4.98 Å². The molecule has 2 aromatic heterocycles. The van der Waals surface area contributed by atoms with E-state index in [0.29, 0.717) is 18.7 Å². The van der Waals surface area contributed by atoms with Crippen molar-refractivity contribution in [2.24, 2.45) is 0 Å². The van der Waals surface area contributed by atoms with Crippen LogP contribution in [0.2, 0.25) is 0 Å². The summed E-state index contributed by atoms with van der Waals surface area (Å²) in [6, 6.07) is 17.9. The second-order valence-electron chi connectivity index (χ2n) is 7.50. The van der Waals surface area contributed by atoms with Crippen LogP contribution in [-0.4, -0.2) is 28.7 Å². The van der Waals surface area contributed by atoms with Gasteiger partial charge in [0.15, 0.2) is 5.13 Å². The molecule has 5 nitrogen and oxygen atoms in total. The third-order valence-corrected chi connectivity index (χ3v) is 7.08. The molecule has 4 rings (SSSR count). The van der Waals surface area contributed by atoms with Gasteiger partial charge in [0.2, 0.25) is 5.91 Å².